The first kappa shape index (κ1) is 12.7. The molecule has 2 N–H and O–H groups in total. The van der Waals surface area contributed by atoms with E-state index in [0.717, 1.165) is 11.7 Å². The summed E-state index contributed by atoms with van der Waals surface area (Å²) in [5.74, 6) is 1.36. The lowest BCUT2D eigenvalue weighted by Gasteiger charge is -2.18. The van der Waals surface area contributed by atoms with Crippen molar-refractivity contribution >= 4 is 17.3 Å². The van der Waals surface area contributed by atoms with Gasteiger partial charge in [0.25, 0.3) is 0 Å². The molecule has 0 bridgehead atoms. The summed E-state index contributed by atoms with van der Waals surface area (Å²) in [6.45, 7) is 11.8. The van der Waals surface area contributed by atoms with Gasteiger partial charge in [0.05, 0.1) is 0 Å². The van der Waals surface area contributed by atoms with Crippen LogP contribution < -0.4 is 10.6 Å². The SMILES string of the molecule is CC(C)NC(=S)NCC(C)C(C)C. The highest BCUT2D eigenvalue weighted by Crippen LogP contribution is 2.07. The van der Waals surface area contributed by atoms with Gasteiger partial charge < -0.3 is 10.6 Å². The Kier molecular flexibility index (Phi) is 6.04. The second kappa shape index (κ2) is 6.19. The fraction of sp³-hybridized carbons (Fsp3) is 0.900. The van der Waals surface area contributed by atoms with Crippen molar-refractivity contribution in [2.45, 2.75) is 40.7 Å². The second-order valence-electron chi connectivity index (χ2n) is 4.23. The van der Waals surface area contributed by atoms with E-state index in [-0.39, 0.29) is 0 Å². The van der Waals surface area contributed by atoms with E-state index in [2.05, 4.69) is 45.3 Å². The first-order valence-corrected chi connectivity index (χ1v) is 5.38. The van der Waals surface area contributed by atoms with E-state index < -0.39 is 0 Å². The van der Waals surface area contributed by atoms with Crippen LogP contribution in [0.3, 0.4) is 0 Å². The number of rotatable bonds is 4. The Bertz CT molecular complexity index is 155. The lowest BCUT2D eigenvalue weighted by atomic mass is 9.98. The molecule has 2 nitrogen and oxygen atoms in total. The molecule has 0 heterocycles. The largest absolute Gasteiger partial charge is 0.362 e. The molecule has 0 aromatic heterocycles. The fourth-order valence-corrected chi connectivity index (χ4v) is 1.12. The summed E-state index contributed by atoms with van der Waals surface area (Å²) in [5.41, 5.74) is 0. The number of thiocarbonyl (C=S) groups is 1. The van der Waals surface area contributed by atoms with Crippen molar-refractivity contribution in [2.24, 2.45) is 11.8 Å². The first-order chi connectivity index (χ1) is 5.93. The van der Waals surface area contributed by atoms with Crippen LogP contribution in [-0.2, 0) is 0 Å². The molecule has 13 heavy (non-hydrogen) atoms. The Morgan fingerprint density at radius 3 is 2.08 bits per heavy atom. The maximum atomic E-state index is 5.11. The van der Waals surface area contributed by atoms with Crippen molar-refractivity contribution in [3.05, 3.63) is 0 Å². The van der Waals surface area contributed by atoms with E-state index in [1.165, 1.54) is 0 Å². The van der Waals surface area contributed by atoms with Crippen molar-refractivity contribution < 1.29 is 0 Å². The van der Waals surface area contributed by atoms with Gasteiger partial charge in [0.1, 0.15) is 0 Å². The molecule has 0 rings (SSSR count). The molecule has 1 unspecified atom stereocenters. The normalized spacial score (nSPS) is 13.2. The second-order valence-corrected chi connectivity index (χ2v) is 4.64. The van der Waals surface area contributed by atoms with E-state index >= 15 is 0 Å². The Labute approximate surface area is 87.5 Å². The molecule has 0 saturated carbocycles. The van der Waals surface area contributed by atoms with Crippen molar-refractivity contribution in [1.82, 2.24) is 10.6 Å². The Morgan fingerprint density at radius 2 is 1.69 bits per heavy atom. The molecule has 0 fully saturated rings. The molecule has 0 aromatic rings. The van der Waals surface area contributed by atoms with E-state index in [0.29, 0.717) is 17.9 Å². The Hall–Kier alpha value is -0.310. The van der Waals surface area contributed by atoms with Crippen LogP contribution in [0.5, 0.6) is 0 Å². The summed E-state index contributed by atoms with van der Waals surface area (Å²) in [6.07, 6.45) is 0. The summed E-state index contributed by atoms with van der Waals surface area (Å²) >= 11 is 5.11. The van der Waals surface area contributed by atoms with Gasteiger partial charge in [-0.1, -0.05) is 20.8 Å². The minimum Gasteiger partial charge on any atom is -0.362 e. The van der Waals surface area contributed by atoms with Crippen LogP contribution >= 0.6 is 12.2 Å². The van der Waals surface area contributed by atoms with Gasteiger partial charge in [-0.05, 0) is 37.9 Å². The molecule has 0 aliphatic heterocycles. The zero-order chi connectivity index (χ0) is 10.4. The van der Waals surface area contributed by atoms with Crippen molar-refractivity contribution in [2.75, 3.05) is 6.54 Å². The van der Waals surface area contributed by atoms with Gasteiger partial charge in [-0.15, -0.1) is 0 Å². The summed E-state index contributed by atoms with van der Waals surface area (Å²) < 4.78 is 0. The molecule has 0 aliphatic carbocycles. The van der Waals surface area contributed by atoms with Crippen LogP contribution in [0.15, 0.2) is 0 Å². The molecule has 0 radical (unpaired) electrons. The summed E-state index contributed by atoms with van der Waals surface area (Å²) in [5, 5.41) is 7.14. The van der Waals surface area contributed by atoms with E-state index in [9.17, 15) is 0 Å². The van der Waals surface area contributed by atoms with E-state index in [4.69, 9.17) is 12.2 Å². The molecule has 1 atom stereocenters. The van der Waals surface area contributed by atoms with Gasteiger partial charge in [0, 0.05) is 12.6 Å². The number of hydrogen-bond acceptors (Lipinski definition) is 1. The summed E-state index contributed by atoms with van der Waals surface area (Å²) in [4.78, 5) is 0. The minimum atomic E-state index is 0.411. The number of nitrogens with one attached hydrogen (secondary N) is 2. The predicted octanol–water partition coefficient (Wildman–Crippen LogP) is 2.15. The van der Waals surface area contributed by atoms with Crippen LogP contribution in [0.4, 0.5) is 0 Å². The van der Waals surface area contributed by atoms with E-state index in [1.807, 2.05) is 0 Å². The molecule has 0 saturated heterocycles. The molecular formula is C10H22N2S. The third-order valence-corrected chi connectivity index (χ3v) is 2.40. The Morgan fingerprint density at radius 1 is 1.15 bits per heavy atom. The first-order valence-electron chi connectivity index (χ1n) is 4.97. The topological polar surface area (TPSA) is 24.1 Å². The molecular weight excluding hydrogens is 180 g/mol. The monoisotopic (exact) mass is 202 g/mol. The van der Waals surface area contributed by atoms with Crippen LogP contribution in [0.1, 0.15) is 34.6 Å². The zero-order valence-corrected chi connectivity index (χ0v) is 10.2. The van der Waals surface area contributed by atoms with Gasteiger partial charge in [-0.3, -0.25) is 0 Å². The van der Waals surface area contributed by atoms with Crippen LogP contribution in [-0.4, -0.2) is 17.7 Å². The van der Waals surface area contributed by atoms with Gasteiger partial charge in [0.2, 0.25) is 0 Å². The maximum absolute atomic E-state index is 5.11. The predicted molar refractivity (Wildman–Crippen MR) is 62.9 cm³/mol. The molecule has 78 valence electrons. The lowest BCUT2D eigenvalue weighted by Crippen LogP contribution is -2.41. The minimum absolute atomic E-state index is 0.411. The van der Waals surface area contributed by atoms with E-state index in [1.54, 1.807) is 0 Å². The highest BCUT2D eigenvalue weighted by Gasteiger charge is 2.07. The third-order valence-electron chi connectivity index (χ3n) is 2.14. The zero-order valence-electron chi connectivity index (χ0n) is 9.35. The lowest BCUT2D eigenvalue weighted by molar-refractivity contribution is 0.414. The molecule has 0 amide bonds. The quantitative estimate of drug-likeness (QED) is 0.683. The molecule has 0 aromatic carbocycles. The van der Waals surface area contributed by atoms with Crippen LogP contribution in [0.25, 0.3) is 0 Å². The van der Waals surface area contributed by atoms with Crippen molar-refractivity contribution in [3.8, 4) is 0 Å². The van der Waals surface area contributed by atoms with Crippen LogP contribution in [0, 0.1) is 11.8 Å². The standard InChI is InChI=1S/C10H22N2S/c1-7(2)9(5)6-11-10(13)12-8(3)4/h7-9H,6H2,1-5H3,(H2,11,12,13). The average Bonchev–Trinajstić information content (AvgIpc) is 1.98. The van der Waals surface area contributed by atoms with Crippen molar-refractivity contribution in [3.63, 3.8) is 0 Å². The van der Waals surface area contributed by atoms with Gasteiger partial charge in [-0.2, -0.15) is 0 Å². The van der Waals surface area contributed by atoms with Crippen molar-refractivity contribution in [1.29, 1.82) is 0 Å². The summed E-state index contributed by atoms with van der Waals surface area (Å²) in [6, 6.07) is 0.411. The molecule has 0 aliphatic rings. The number of hydrogen-bond donors (Lipinski definition) is 2. The van der Waals surface area contributed by atoms with Gasteiger partial charge >= 0.3 is 0 Å². The highest BCUT2D eigenvalue weighted by atomic mass is 32.1. The average molecular weight is 202 g/mol. The van der Waals surface area contributed by atoms with Crippen LogP contribution in [0.2, 0.25) is 0 Å². The highest BCUT2D eigenvalue weighted by molar-refractivity contribution is 7.80. The summed E-state index contributed by atoms with van der Waals surface area (Å²) in [7, 11) is 0. The Balaban J connectivity index is 3.58. The third kappa shape index (κ3) is 6.82. The molecule has 3 heteroatoms. The maximum Gasteiger partial charge on any atom is 0.166 e. The van der Waals surface area contributed by atoms with Gasteiger partial charge in [-0.25, -0.2) is 0 Å². The smallest absolute Gasteiger partial charge is 0.166 e. The molecule has 0 spiro atoms. The van der Waals surface area contributed by atoms with Gasteiger partial charge in [0.15, 0.2) is 5.11 Å². The fourth-order valence-electron chi connectivity index (χ4n) is 0.803.